The SMILES string of the molecule is Cc1cc(C)cc(NC(=O)COc2ccc(S(=O)(=O)N3CCCC3)cc2[N+](=O)[O-])c1. The lowest BCUT2D eigenvalue weighted by atomic mass is 10.1. The maximum absolute atomic E-state index is 12.6. The molecule has 1 amide bonds. The number of amides is 1. The summed E-state index contributed by atoms with van der Waals surface area (Å²) in [5, 5.41) is 14.1. The molecule has 2 aromatic rings. The van der Waals surface area contributed by atoms with Crippen LogP contribution in [-0.2, 0) is 14.8 Å². The number of nitro groups is 1. The summed E-state index contributed by atoms with van der Waals surface area (Å²) < 4.78 is 31.9. The van der Waals surface area contributed by atoms with E-state index in [2.05, 4.69) is 5.32 Å². The van der Waals surface area contributed by atoms with Gasteiger partial charge in [0, 0.05) is 24.8 Å². The number of carbonyl (C=O) groups excluding carboxylic acids is 1. The maximum atomic E-state index is 12.6. The van der Waals surface area contributed by atoms with E-state index in [0.717, 1.165) is 30.0 Å². The molecule has 1 fully saturated rings. The van der Waals surface area contributed by atoms with Crippen LogP contribution in [0, 0.1) is 24.0 Å². The second-order valence-electron chi connectivity index (χ2n) is 7.21. The first-order chi connectivity index (χ1) is 14.2. The van der Waals surface area contributed by atoms with Gasteiger partial charge in [-0.25, -0.2) is 8.42 Å². The minimum atomic E-state index is -3.80. The van der Waals surface area contributed by atoms with Crippen molar-refractivity contribution in [3.63, 3.8) is 0 Å². The monoisotopic (exact) mass is 433 g/mol. The van der Waals surface area contributed by atoms with Crippen molar-refractivity contribution in [1.82, 2.24) is 4.31 Å². The Morgan fingerprint density at radius 2 is 1.77 bits per heavy atom. The van der Waals surface area contributed by atoms with Crippen molar-refractivity contribution < 1.29 is 22.9 Å². The third-order valence-corrected chi connectivity index (χ3v) is 6.59. The van der Waals surface area contributed by atoms with Crippen molar-refractivity contribution >= 4 is 27.3 Å². The third kappa shape index (κ3) is 4.95. The van der Waals surface area contributed by atoms with E-state index in [0.29, 0.717) is 18.8 Å². The smallest absolute Gasteiger partial charge is 0.312 e. The van der Waals surface area contributed by atoms with Gasteiger partial charge in [-0.1, -0.05) is 6.07 Å². The number of hydrogen-bond donors (Lipinski definition) is 1. The highest BCUT2D eigenvalue weighted by Gasteiger charge is 2.30. The van der Waals surface area contributed by atoms with Gasteiger partial charge in [0.15, 0.2) is 12.4 Å². The topological polar surface area (TPSA) is 119 Å². The van der Waals surface area contributed by atoms with Crippen molar-refractivity contribution in [3.05, 3.63) is 57.6 Å². The molecule has 2 aromatic carbocycles. The molecule has 1 heterocycles. The number of anilines is 1. The molecule has 0 spiro atoms. The van der Waals surface area contributed by atoms with Gasteiger partial charge in [0.1, 0.15) is 0 Å². The van der Waals surface area contributed by atoms with Gasteiger partial charge in [-0.2, -0.15) is 4.31 Å². The summed E-state index contributed by atoms with van der Waals surface area (Å²) in [5.74, 6) is -0.654. The van der Waals surface area contributed by atoms with Gasteiger partial charge in [-0.05, 0) is 62.1 Å². The molecular formula is C20H23N3O6S. The van der Waals surface area contributed by atoms with Gasteiger partial charge in [0.2, 0.25) is 10.0 Å². The zero-order valence-electron chi connectivity index (χ0n) is 16.8. The molecule has 1 aliphatic heterocycles. The number of nitrogens with one attached hydrogen (secondary N) is 1. The molecule has 1 saturated heterocycles. The Hall–Kier alpha value is -2.98. The molecule has 10 heteroatoms. The van der Waals surface area contributed by atoms with Crippen molar-refractivity contribution in [2.24, 2.45) is 0 Å². The Morgan fingerprint density at radius 1 is 1.13 bits per heavy atom. The second kappa shape index (κ2) is 8.80. The fourth-order valence-electron chi connectivity index (χ4n) is 3.39. The van der Waals surface area contributed by atoms with E-state index in [4.69, 9.17) is 4.74 Å². The van der Waals surface area contributed by atoms with Crippen LogP contribution >= 0.6 is 0 Å². The fourth-order valence-corrected chi connectivity index (χ4v) is 4.92. The van der Waals surface area contributed by atoms with Crippen LogP contribution in [0.4, 0.5) is 11.4 Å². The molecule has 0 radical (unpaired) electrons. The molecule has 0 atom stereocenters. The summed E-state index contributed by atoms with van der Waals surface area (Å²) in [4.78, 5) is 22.7. The van der Waals surface area contributed by atoms with E-state index in [1.165, 1.54) is 16.4 Å². The molecule has 0 unspecified atom stereocenters. The molecule has 1 aliphatic rings. The van der Waals surface area contributed by atoms with Crippen LogP contribution < -0.4 is 10.1 Å². The van der Waals surface area contributed by atoms with E-state index in [-0.39, 0.29) is 10.6 Å². The van der Waals surface area contributed by atoms with Crippen LogP contribution in [0.15, 0.2) is 41.3 Å². The highest BCUT2D eigenvalue weighted by molar-refractivity contribution is 7.89. The average molecular weight is 433 g/mol. The lowest BCUT2D eigenvalue weighted by Gasteiger charge is -2.16. The number of aryl methyl sites for hydroxylation is 2. The number of sulfonamides is 1. The Balaban J connectivity index is 1.74. The van der Waals surface area contributed by atoms with Crippen LogP contribution in [0.25, 0.3) is 0 Å². The first-order valence-corrected chi connectivity index (χ1v) is 10.9. The average Bonchev–Trinajstić information content (AvgIpc) is 3.21. The van der Waals surface area contributed by atoms with Gasteiger partial charge in [-0.15, -0.1) is 0 Å². The second-order valence-corrected chi connectivity index (χ2v) is 9.15. The Morgan fingerprint density at radius 3 is 2.37 bits per heavy atom. The number of nitro benzene ring substituents is 1. The number of benzene rings is 2. The standard InChI is InChI=1S/C20H23N3O6S/c1-14-9-15(2)11-16(10-14)21-20(24)13-29-19-6-5-17(12-18(19)23(25)26)30(27,28)22-7-3-4-8-22/h5-6,9-12H,3-4,7-8,13H2,1-2H3,(H,21,24). The minimum Gasteiger partial charge on any atom is -0.477 e. The van der Waals surface area contributed by atoms with Gasteiger partial charge in [0.25, 0.3) is 5.91 Å². The van der Waals surface area contributed by atoms with Crippen molar-refractivity contribution in [2.45, 2.75) is 31.6 Å². The summed E-state index contributed by atoms with van der Waals surface area (Å²) in [6.45, 7) is 4.15. The van der Waals surface area contributed by atoms with Gasteiger partial charge in [0.05, 0.1) is 9.82 Å². The first kappa shape index (κ1) is 21.7. The number of nitrogens with zero attached hydrogens (tertiary/aromatic N) is 2. The molecule has 30 heavy (non-hydrogen) atoms. The lowest BCUT2D eigenvalue weighted by molar-refractivity contribution is -0.386. The van der Waals surface area contributed by atoms with Crippen molar-refractivity contribution in [1.29, 1.82) is 0 Å². The van der Waals surface area contributed by atoms with Crippen molar-refractivity contribution in [2.75, 3.05) is 25.0 Å². The van der Waals surface area contributed by atoms with E-state index in [9.17, 15) is 23.3 Å². The molecule has 0 bridgehead atoms. The van der Waals surface area contributed by atoms with Crippen LogP contribution in [0.5, 0.6) is 5.75 Å². The number of carbonyl (C=O) groups is 1. The number of hydrogen-bond acceptors (Lipinski definition) is 6. The Kier molecular flexibility index (Phi) is 6.37. The quantitative estimate of drug-likeness (QED) is 0.530. The predicted molar refractivity (Wildman–Crippen MR) is 111 cm³/mol. The Labute approximate surface area is 174 Å². The van der Waals surface area contributed by atoms with Crippen molar-refractivity contribution in [3.8, 4) is 5.75 Å². The highest BCUT2D eigenvalue weighted by Crippen LogP contribution is 2.31. The summed E-state index contributed by atoms with van der Waals surface area (Å²) in [6, 6.07) is 9.01. The molecule has 0 aliphatic carbocycles. The minimum absolute atomic E-state index is 0.164. The normalized spacial score (nSPS) is 14.5. The summed E-state index contributed by atoms with van der Waals surface area (Å²) >= 11 is 0. The van der Waals surface area contributed by atoms with E-state index < -0.39 is 33.1 Å². The predicted octanol–water partition coefficient (Wildman–Crippen LogP) is 3.01. The van der Waals surface area contributed by atoms with E-state index >= 15 is 0 Å². The first-order valence-electron chi connectivity index (χ1n) is 9.46. The number of rotatable bonds is 7. The largest absolute Gasteiger partial charge is 0.477 e. The molecule has 0 saturated carbocycles. The van der Waals surface area contributed by atoms with Gasteiger partial charge < -0.3 is 10.1 Å². The van der Waals surface area contributed by atoms with Crippen LogP contribution in [0.3, 0.4) is 0 Å². The summed E-state index contributed by atoms with van der Waals surface area (Å²) in [6.07, 6.45) is 1.52. The summed E-state index contributed by atoms with van der Waals surface area (Å²) in [7, 11) is -3.80. The molecule has 160 valence electrons. The lowest BCUT2D eigenvalue weighted by Crippen LogP contribution is -2.28. The molecule has 1 N–H and O–H groups in total. The highest BCUT2D eigenvalue weighted by atomic mass is 32.2. The van der Waals surface area contributed by atoms with Crippen LogP contribution in [-0.4, -0.2) is 43.2 Å². The van der Waals surface area contributed by atoms with Crippen LogP contribution in [0.1, 0.15) is 24.0 Å². The molecule has 0 aromatic heterocycles. The van der Waals surface area contributed by atoms with E-state index in [1.54, 1.807) is 12.1 Å². The summed E-state index contributed by atoms with van der Waals surface area (Å²) in [5.41, 5.74) is 2.06. The third-order valence-electron chi connectivity index (χ3n) is 4.69. The van der Waals surface area contributed by atoms with Gasteiger partial charge >= 0.3 is 5.69 Å². The van der Waals surface area contributed by atoms with E-state index in [1.807, 2.05) is 19.9 Å². The van der Waals surface area contributed by atoms with Gasteiger partial charge in [-0.3, -0.25) is 14.9 Å². The zero-order valence-corrected chi connectivity index (χ0v) is 17.6. The fraction of sp³-hybridized carbons (Fsp3) is 0.350. The number of ether oxygens (including phenoxy) is 1. The molecule has 9 nitrogen and oxygen atoms in total. The Bertz CT molecular complexity index is 1060. The van der Waals surface area contributed by atoms with Crippen LogP contribution in [0.2, 0.25) is 0 Å². The molecule has 3 rings (SSSR count). The maximum Gasteiger partial charge on any atom is 0.312 e. The zero-order chi connectivity index (χ0) is 21.9. The molecular weight excluding hydrogens is 410 g/mol.